The average molecular weight is 264 g/mol. The molecule has 0 saturated carbocycles. The van der Waals surface area contributed by atoms with Gasteiger partial charge in [-0.15, -0.1) is 11.3 Å². The molecule has 94 valence electrons. The molecule has 2 heterocycles. The maximum absolute atomic E-state index is 10.7. The number of aromatic carboxylic acids is 1. The second-order valence-corrected chi connectivity index (χ2v) is 4.70. The van der Waals surface area contributed by atoms with E-state index in [1.165, 1.54) is 17.1 Å². The first kappa shape index (κ1) is 12.4. The van der Waals surface area contributed by atoms with Gasteiger partial charge in [-0.05, 0) is 12.5 Å². The fraction of sp³-hybridized carbons (Fsp3) is 0.273. The summed E-state index contributed by atoms with van der Waals surface area (Å²) in [6.07, 6.45) is 4.22. The first-order valence-electron chi connectivity index (χ1n) is 5.43. The van der Waals surface area contributed by atoms with Crippen LogP contribution in [0.5, 0.6) is 0 Å². The minimum absolute atomic E-state index is 0.0270. The number of carboxylic acids is 1. The molecule has 0 aliphatic carbocycles. The molecule has 2 aromatic rings. The van der Waals surface area contributed by atoms with Gasteiger partial charge in [0.25, 0.3) is 0 Å². The van der Waals surface area contributed by atoms with Crippen LogP contribution in [0, 0.1) is 0 Å². The molecule has 0 amide bonds. The summed E-state index contributed by atoms with van der Waals surface area (Å²) in [5.41, 5.74) is -0.0270. The lowest BCUT2D eigenvalue weighted by molar-refractivity contribution is 0.0690. The Morgan fingerprint density at radius 3 is 3.00 bits per heavy atom. The van der Waals surface area contributed by atoms with E-state index in [-0.39, 0.29) is 5.69 Å². The predicted molar refractivity (Wildman–Crippen MR) is 67.8 cm³/mol. The molecule has 7 heteroatoms. The molecule has 2 rings (SSSR count). The third-order valence-corrected chi connectivity index (χ3v) is 3.36. The van der Waals surface area contributed by atoms with Gasteiger partial charge in [-0.2, -0.15) is 0 Å². The SMILES string of the molecule is CCc1cnc(CNc2nccc(C(=O)O)n2)s1. The molecule has 0 aliphatic rings. The summed E-state index contributed by atoms with van der Waals surface area (Å²) in [5, 5.41) is 12.7. The van der Waals surface area contributed by atoms with Gasteiger partial charge in [0, 0.05) is 17.3 Å². The summed E-state index contributed by atoms with van der Waals surface area (Å²) in [6, 6.07) is 1.35. The number of nitrogens with zero attached hydrogens (tertiary/aromatic N) is 3. The minimum Gasteiger partial charge on any atom is -0.477 e. The van der Waals surface area contributed by atoms with Crippen molar-refractivity contribution in [3.63, 3.8) is 0 Å². The molecular weight excluding hydrogens is 252 g/mol. The number of thiazole rings is 1. The van der Waals surface area contributed by atoms with Crippen LogP contribution in [0.15, 0.2) is 18.5 Å². The predicted octanol–water partition coefficient (Wildman–Crippen LogP) is 1.81. The Morgan fingerprint density at radius 2 is 2.33 bits per heavy atom. The quantitative estimate of drug-likeness (QED) is 0.856. The third-order valence-electron chi connectivity index (χ3n) is 2.22. The molecule has 2 aromatic heterocycles. The van der Waals surface area contributed by atoms with E-state index in [0.717, 1.165) is 11.4 Å². The Labute approximate surface area is 108 Å². The van der Waals surface area contributed by atoms with Gasteiger partial charge in [-0.1, -0.05) is 6.92 Å². The van der Waals surface area contributed by atoms with Gasteiger partial charge in [0.15, 0.2) is 5.69 Å². The van der Waals surface area contributed by atoms with Crippen molar-refractivity contribution in [3.8, 4) is 0 Å². The highest BCUT2D eigenvalue weighted by Gasteiger charge is 2.06. The fourth-order valence-electron chi connectivity index (χ4n) is 1.31. The summed E-state index contributed by atoms with van der Waals surface area (Å²) >= 11 is 1.62. The standard InChI is InChI=1S/C11H12N4O2S/c1-2-7-5-13-9(18-7)6-14-11-12-4-3-8(15-11)10(16)17/h3-5H,2,6H2,1H3,(H,16,17)(H,12,14,15). The maximum atomic E-state index is 10.7. The summed E-state index contributed by atoms with van der Waals surface area (Å²) in [6.45, 7) is 2.57. The highest BCUT2D eigenvalue weighted by molar-refractivity contribution is 7.11. The molecule has 0 saturated heterocycles. The zero-order valence-corrected chi connectivity index (χ0v) is 10.6. The monoisotopic (exact) mass is 264 g/mol. The average Bonchev–Trinajstić information content (AvgIpc) is 2.84. The number of hydrogen-bond acceptors (Lipinski definition) is 6. The normalized spacial score (nSPS) is 10.3. The van der Waals surface area contributed by atoms with E-state index in [0.29, 0.717) is 12.5 Å². The molecule has 6 nitrogen and oxygen atoms in total. The molecule has 18 heavy (non-hydrogen) atoms. The van der Waals surface area contributed by atoms with Gasteiger partial charge in [-0.25, -0.2) is 19.7 Å². The van der Waals surface area contributed by atoms with Gasteiger partial charge in [0.2, 0.25) is 5.95 Å². The van der Waals surface area contributed by atoms with Crippen LogP contribution in [0.3, 0.4) is 0 Å². The van der Waals surface area contributed by atoms with Crippen molar-refractivity contribution in [1.82, 2.24) is 15.0 Å². The smallest absolute Gasteiger partial charge is 0.354 e. The lowest BCUT2D eigenvalue weighted by Crippen LogP contribution is -2.07. The van der Waals surface area contributed by atoms with Gasteiger partial charge < -0.3 is 10.4 Å². The number of rotatable bonds is 5. The van der Waals surface area contributed by atoms with Crippen molar-refractivity contribution in [2.45, 2.75) is 19.9 Å². The molecular formula is C11H12N4O2S. The van der Waals surface area contributed by atoms with E-state index in [1.807, 2.05) is 6.20 Å². The van der Waals surface area contributed by atoms with Crippen molar-refractivity contribution >= 4 is 23.3 Å². The van der Waals surface area contributed by atoms with E-state index in [2.05, 4.69) is 27.2 Å². The fourth-order valence-corrected chi connectivity index (χ4v) is 2.11. The van der Waals surface area contributed by atoms with Crippen molar-refractivity contribution in [3.05, 3.63) is 34.0 Å². The molecule has 0 fully saturated rings. The van der Waals surface area contributed by atoms with Gasteiger partial charge in [-0.3, -0.25) is 0 Å². The maximum Gasteiger partial charge on any atom is 0.354 e. The van der Waals surface area contributed by atoms with Crippen molar-refractivity contribution < 1.29 is 9.90 Å². The molecule has 0 bridgehead atoms. The molecule has 2 N–H and O–H groups in total. The number of anilines is 1. The molecule has 0 aliphatic heterocycles. The molecule has 0 radical (unpaired) electrons. The first-order valence-corrected chi connectivity index (χ1v) is 6.24. The summed E-state index contributed by atoms with van der Waals surface area (Å²) < 4.78 is 0. The Hall–Kier alpha value is -2.02. The molecule has 0 atom stereocenters. The largest absolute Gasteiger partial charge is 0.477 e. The van der Waals surface area contributed by atoms with E-state index in [9.17, 15) is 4.79 Å². The van der Waals surface area contributed by atoms with Gasteiger partial charge >= 0.3 is 5.97 Å². The summed E-state index contributed by atoms with van der Waals surface area (Å²) in [5.74, 6) is -0.772. The molecule has 0 spiro atoms. The van der Waals surface area contributed by atoms with Crippen LogP contribution in [0.1, 0.15) is 27.3 Å². The Bertz CT molecular complexity index is 555. The van der Waals surface area contributed by atoms with Crippen molar-refractivity contribution in [1.29, 1.82) is 0 Å². The number of nitrogens with one attached hydrogen (secondary N) is 1. The van der Waals surface area contributed by atoms with E-state index in [4.69, 9.17) is 5.11 Å². The van der Waals surface area contributed by atoms with Crippen molar-refractivity contribution in [2.75, 3.05) is 5.32 Å². The van der Waals surface area contributed by atoms with E-state index < -0.39 is 5.97 Å². The van der Waals surface area contributed by atoms with Crippen LogP contribution in [0.2, 0.25) is 0 Å². The van der Waals surface area contributed by atoms with Crippen LogP contribution in [-0.4, -0.2) is 26.0 Å². The lowest BCUT2D eigenvalue weighted by Gasteiger charge is -2.02. The topological polar surface area (TPSA) is 88.0 Å². The summed E-state index contributed by atoms with van der Waals surface area (Å²) in [4.78, 5) is 24.0. The van der Waals surface area contributed by atoms with Gasteiger partial charge in [0.05, 0.1) is 6.54 Å². The van der Waals surface area contributed by atoms with Crippen molar-refractivity contribution in [2.24, 2.45) is 0 Å². The van der Waals surface area contributed by atoms with E-state index in [1.54, 1.807) is 11.3 Å². The zero-order chi connectivity index (χ0) is 13.0. The van der Waals surface area contributed by atoms with Crippen LogP contribution < -0.4 is 5.32 Å². The Balaban J connectivity index is 2.01. The Kier molecular flexibility index (Phi) is 3.83. The zero-order valence-electron chi connectivity index (χ0n) is 9.75. The third kappa shape index (κ3) is 3.01. The van der Waals surface area contributed by atoms with Crippen LogP contribution in [0.4, 0.5) is 5.95 Å². The van der Waals surface area contributed by atoms with Crippen LogP contribution in [-0.2, 0) is 13.0 Å². The number of aryl methyl sites for hydroxylation is 1. The number of hydrogen-bond donors (Lipinski definition) is 2. The highest BCUT2D eigenvalue weighted by atomic mass is 32.1. The summed E-state index contributed by atoms with van der Waals surface area (Å²) in [7, 11) is 0. The molecule has 0 unspecified atom stereocenters. The second-order valence-electron chi connectivity index (χ2n) is 3.50. The number of aromatic nitrogens is 3. The Morgan fingerprint density at radius 1 is 1.50 bits per heavy atom. The van der Waals surface area contributed by atoms with Crippen LogP contribution in [0.25, 0.3) is 0 Å². The number of carboxylic acid groups (broad SMARTS) is 1. The highest BCUT2D eigenvalue weighted by Crippen LogP contribution is 2.14. The van der Waals surface area contributed by atoms with Crippen LogP contribution >= 0.6 is 11.3 Å². The van der Waals surface area contributed by atoms with E-state index >= 15 is 0 Å². The second kappa shape index (κ2) is 5.54. The first-order chi connectivity index (χ1) is 8.69. The molecule has 0 aromatic carbocycles. The minimum atomic E-state index is -1.07. The van der Waals surface area contributed by atoms with Gasteiger partial charge in [0.1, 0.15) is 5.01 Å². The number of carbonyl (C=O) groups is 1. The lowest BCUT2D eigenvalue weighted by atomic mass is 10.4.